The zero-order chi connectivity index (χ0) is 28.7. The zero-order valence-corrected chi connectivity index (χ0v) is 24.0. The van der Waals surface area contributed by atoms with Crippen molar-refractivity contribution in [3.63, 3.8) is 0 Å². The summed E-state index contributed by atoms with van der Waals surface area (Å²) in [6, 6.07) is 21.4. The van der Waals surface area contributed by atoms with Crippen molar-refractivity contribution in [1.82, 2.24) is 21.3 Å². The van der Waals surface area contributed by atoms with E-state index in [9.17, 15) is 19.2 Å². The summed E-state index contributed by atoms with van der Waals surface area (Å²) in [4.78, 5) is 46.4. The summed E-state index contributed by atoms with van der Waals surface area (Å²) >= 11 is 0. The maximum atomic E-state index is 12.6. The number of carboxylic acids is 2. The lowest BCUT2D eigenvalue weighted by molar-refractivity contribution is -0.136. The molecule has 0 radical (unpaired) electrons. The Balaban J connectivity index is 0.00000441. The Morgan fingerprint density at radius 3 is 1.26 bits per heavy atom. The van der Waals surface area contributed by atoms with Gasteiger partial charge >= 0.3 is 24.1 Å². The summed E-state index contributed by atoms with van der Waals surface area (Å²) in [5.74, 6) is -1.58. The third-order valence-electron chi connectivity index (χ3n) is 5.35. The van der Waals surface area contributed by atoms with E-state index < -0.39 is 24.1 Å². The number of hydrogen-bond donors (Lipinski definition) is 6. The van der Waals surface area contributed by atoms with Crippen LogP contribution >= 0.6 is 24.8 Å². The number of carboxylic acid groups (broad SMARTS) is 2. The molecule has 0 spiro atoms. The first-order valence-electron chi connectivity index (χ1n) is 12.4. The molecule has 0 aliphatic carbocycles. The number of ether oxygens (including phenoxy) is 2. The van der Waals surface area contributed by atoms with Crippen molar-refractivity contribution in [1.29, 1.82) is 0 Å². The molecule has 0 saturated carbocycles. The normalized spacial score (nSPS) is 9.90. The van der Waals surface area contributed by atoms with Gasteiger partial charge in [0.15, 0.2) is 0 Å². The number of amides is 2. The average molecular weight is 623 g/mol. The molecule has 14 heteroatoms. The molecule has 0 aliphatic heterocycles. The van der Waals surface area contributed by atoms with E-state index in [1.807, 2.05) is 60.7 Å². The highest BCUT2D eigenvalue weighted by Crippen LogP contribution is 2.41. The number of carbonyl (C=O) groups is 4. The van der Waals surface area contributed by atoms with Crippen LogP contribution in [0.15, 0.2) is 72.8 Å². The maximum absolute atomic E-state index is 12.6. The second-order valence-corrected chi connectivity index (χ2v) is 8.35. The highest BCUT2D eigenvalue weighted by Gasteiger charge is 2.19. The predicted molar refractivity (Wildman–Crippen MR) is 161 cm³/mol. The van der Waals surface area contributed by atoms with Gasteiger partial charge in [0.25, 0.3) is 0 Å². The van der Waals surface area contributed by atoms with Crippen molar-refractivity contribution in [3.8, 4) is 33.8 Å². The van der Waals surface area contributed by atoms with E-state index in [1.165, 1.54) is 0 Å². The van der Waals surface area contributed by atoms with E-state index >= 15 is 0 Å². The van der Waals surface area contributed by atoms with Gasteiger partial charge in [-0.05, 0) is 23.3 Å². The first-order chi connectivity index (χ1) is 19.3. The Hall–Kier alpha value is -4.36. The minimum absolute atomic E-state index is 0. The lowest BCUT2D eigenvalue weighted by Gasteiger charge is -2.17. The van der Waals surface area contributed by atoms with Gasteiger partial charge in [-0.2, -0.15) is 0 Å². The molecule has 0 bridgehead atoms. The Morgan fingerprint density at radius 1 is 0.571 bits per heavy atom. The third-order valence-corrected chi connectivity index (χ3v) is 5.35. The third kappa shape index (κ3) is 12.0. The maximum Gasteiger partial charge on any atom is 0.412 e. The molecule has 0 saturated heterocycles. The van der Waals surface area contributed by atoms with Crippen molar-refractivity contribution in [2.45, 2.75) is 0 Å². The van der Waals surface area contributed by atoms with E-state index in [-0.39, 0.29) is 75.6 Å². The van der Waals surface area contributed by atoms with Crippen LogP contribution in [-0.2, 0) is 9.59 Å². The van der Waals surface area contributed by atoms with Gasteiger partial charge in [-0.1, -0.05) is 60.7 Å². The number of hydrogen-bond acceptors (Lipinski definition) is 8. The Labute approximate surface area is 254 Å². The largest absolute Gasteiger partial charge is 0.480 e. The van der Waals surface area contributed by atoms with Gasteiger partial charge in [0.05, 0.1) is 13.1 Å². The van der Waals surface area contributed by atoms with Crippen LogP contribution in [0.5, 0.6) is 11.5 Å². The standard InChI is InChI=1S/C28H30N4O8.2ClH/c33-25(34)17-29-11-13-31-27(37)39-23-16-22(20-9-5-2-6-10-20)24(15-21(23)19-7-3-1-4-8-19)40-28(38)32-14-12-30-18-26(35)36;;/h1-10,15-16,29-30H,11-14,17-18H2,(H,31,37)(H,32,38)(H,33,34)(H,35,36);2*1H. The van der Waals surface area contributed by atoms with E-state index in [0.717, 1.165) is 0 Å². The molecular formula is C28H32Cl2N4O8. The molecule has 42 heavy (non-hydrogen) atoms. The van der Waals surface area contributed by atoms with Crippen LogP contribution in [0.4, 0.5) is 9.59 Å². The average Bonchev–Trinajstić information content (AvgIpc) is 2.94. The van der Waals surface area contributed by atoms with E-state index in [0.29, 0.717) is 22.3 Å². The zero-order valence-electron chi connectivity index (χ0n) is 22.3. The van der Waals surface area contributed by atoms with Crippen LogP contribution in [0, 0.1) is 0 Å². The van der Waals surface area contributed by atoms with Crippen molar-refractivity contribution < 1.29 is 38.9 Å². The summed E-state index contributed by atoms with van der Waals surface area (Å²) < 4.78 is 11.3. The first kappa shape index (κ1) is 35.7. The van der Waals surface area contributed by atoms with Crippen molar-refractivity contribution in [2.24, 2.45) is 0 Å². The molecule has 3 aromatic carbocycles. The fraction of sp³-hybridized carbons (Fsp3) is 0.214. The minimum atomic E-state index is -1.01. The number of rotatable bonds is 14. The topological polar surface area (TPSA) is 175 Å². The van der Waals surface area contributed by atoms with Gasteiger partial charge in [-0.15, -0.1) is 24.8 Å². The molecule has 12 nitrogen and oxygen atoms in total. The SMILES string of the molecule is Cl.Cl.O=C(O)CNCCNC(=O)Oc1cc(-c2ccccc2)c(OC(=O)NCCNCC(=O)O)cc1-c1ccccc1. The van der Waals surface area contributed by atoms with E-state index in [1.54, 1.807) is 12.1 Å². The lowest BCUT2D eigenvalue weighted by atomic mass is 9.98. The molecule has 0 aromatic heterocycles. The van der Waals surface area contributed by atoms with Crippen molar-refractivity contribution in [3.05, 3.63) is 72.8 Å². The van der Waals surface area contributed by atoms with Crippen LogP contribution in [0.3, 0.4) is 0 Å². The lowest BCUT2D eigenvalue weighted by Crippen LogP contribution is -2.35. The summed E-state index contributed by atoms with van der Waals surface area (Å²) in [6.45, 7) is 0.278. The van der Waals surface area contributed by atoms with Crippen LogP contribution in [0.1, 0.15) is 0 Å². The highest BCUT2D eigenvalue weighted by molar-refractivity contribution is 5.86. The van der Waals surface area contributed by atoms with Gasteiger partial charge in [0, 0.05) is 37.3 Å². The fourth-order valence-electron chi connectivity index (χ4n) is 3.58. The monoisotopic (exact) mass is 622 g/mol. The summed E-state index contributed by atoms with van der Waals surface area (Å²) in [5.41, 5.74) is 2.39. The second-order valence-electron chi connectivity index (χ2n) is 8.35. The molecule has 0 unspecified atom stereocenters. The summed E-state index contributed by atoms with van der Waals surface area (Å²) in [5, 5.41) is 27.9. The smallest absolute Gasteiger partial charge is 0.412 e. The molecule has 2 amide bonds. The van der Waals surface area contributed by atoms with Gasteiger partial charge in [0.2, 0.25) is 0 Å². The Bertz CT molecular complexity index is 1210. The Kier molecular flexibility index (Phi) is 16.0. The molecule has 0 atom stereocenters. The minimum Gasteiger partial charge on any atom is -0.480 e. The molecule has 3 rings (SSSR count). The molecule has 0 heterocycles. The second kappa shape index (κ2) is 18.9. The van der Waals surface area contributed by atoms with Crippen LogP contribution in [0.25, 0.3) is 22.3 Å². The van der Waals surface area contributed by atoms with Gasteiger partial charge < -0.3 is 41.0 Å². The molecule has 226 valence electrons. The number of carbonyl (C=O) groups excluding carboxylic acids is 2. The summed E-state index contributed by atoms with van der Waals surface area (Å²) in [7, 11) is 0. The fourth-order valence-corrected chi connectivity index (χ4v) is 3.58. The van der Waals surface area contributed by atoms with Crippen LogP contribution in [0.2, 0.25) is 0 Å². The van der Waals surface area contributed by atoms with Crippen molar-refractivity contribution in [2.75, 3.05) is 39.3 Å². The summed E-state index contributed by atoms with van der Waals surface area (Å²) in [6.07, 6.45) is -1.48. The van der Waals surface area contributed by atoms with Gasteiger partial charge in [-0.3, -0.25) is 9.59 Å². The van der Waals surface area contributed by atoms with Crippen molar-refractivity contribution >= 4 is 48.9 Å². The van der Waals surface area contributed by atoms with Gasteiger partial charge in [0.1, 0.15) is 11.5 Å². The molecular weight excluding hydrogens is 591 g/mol. The molecule has 0 aliphatic rings. The number of halogens is 2. The quantitative estimate of drug-likeness (QED) is 0.146. The number of benzene rings is 3. The van der Waals surface area contributed by atoms with E-state index in [4.69, 9.17) is 19.7 Å². The molecule has 0 fully saturated rings. The predicted octanol–water partition coefficient (Wildman–Crippen LogP) is 3.39. The Morgan fingerprint density at radius 2 is 0.929 bits per heavy atom. The van der Waals surface area contributed by atoms with Gasteiger partial charge in [-0.25, -0.2) is 9.59 Å². The van der Waals surface area contributed by atoms with Crippen LogP contribution in [-0.4, -0.2) is 73.6 Å². The molecule has 3 aromatic rings. The first-order valence-corrected chi connectivity index (χ1v) is 12.4. The number of aliphatic carboxylic acids is 2. The molecule has 6 N–H and O–H groups in total. The number of nitrogens with one attached hydrogen (secondary N) is 4. The highest BCUT2D eigenvalue weighted by atomic mass is 35.5. The van der Waals surface area contributed by atoms with Crippen LogP contribution < -0.4 is 30.7 Å². The van der Waals surface area contributed by atoms with E-state index in [2.05, 4.69) is 21.3 Å².